The third-order valence-electron chi connectivity index (χ3n) is 4.66. The fourth-order valence-corrected chi connectivity index (χ4v) is 2.82. The Morgan fingerprint density at radius 1 is 0.800 bits per heavy atom. The summed E-state index contributed by atoms with van der Waals surface area (Å²) in [6, 6.07) is 13.8. The first-order valence-corrected chi connectivity index (χ1v) is 20.2. The summed E-state index contributed by atoms with van der Waals surface area (Å²) in [6.45, 7) is 17.9. The maximum absolute atomic E-state index is 4.93. The van der Waals surface area contributed by atoms with Gasteiger partial charge in [-0.05, 0) is 0 Å². The molecule has 0 amide bonds. The summed E-state index contributed by atoms with van der Waals surface area (Å²) in [5.41, 5.74) is 6.00. The van der Waals surface area contributed by atoms with Crippen molar-refractivity contribution >= 4 is 26.5 Å². The molecular weight excluding hydrogens is 503 g/mol. The molecule has 0 spiro atoms. The van der Waals surface area contributed by atoms with Crippen molar-refractivity contribution < 1.29 is 20.8 Å². The fourth-order valence-electron chi connectivity index (χ4n) is 2.82. The Morgan fingerprint density at radius 3 is 1.30 bits per heavy atom. The summed E-state index contributed by atoms with van der Waals surface area (Å²) in [7, 11) is 10.6. The molecule has 2 aromatic rings. The van der Waals surface area contributed by atoms with E-state index in [1.54, 1.807) is 0 Å². The minimum atomic E-state index is -0.826. The van der Waals surface area contributed by atoms with Crippen LogP contribution in [0.5, 0.6) is 0 Å². The third kappa shape index (κ3) is 18.0. The first-order valence-electron chi connectivity index (χ1n) is 11.5. The molecule has 0 fully saturated rings. The van der Waals surface area contributed by atoms with Crippen LogP contribution in [-0.4, -0.2) is 9.52 Å². The van der Waals surface area contributed by atoms with E-state index in [0.29, 0.717) is 11.8 Å². The number of rotatable bonds is 8. The Balaban J connectivity index is 0. The van der Waals surface area contributed by atoms with Crippen LogP contribution in [0.25, 0.3) is 0 Å². The zero-order valence-electron chi connectivity index (χ0n) is 20.7. The second-order valence-corrected chi connectivity index (χ2v) is 13.2. The molecule has 2 aromatic carbocycles. The van der Waals surface area contributed by atoms with Crippen LogP contribution in [0, 0.1) is 0 Å². The van der Waals surface area contributed by atoms with E-state index in [-0.39, 0.29) is 0 Å². The van der Waals surface area contributed by atoms with E-state index in [2.05, 4.69) is 91.0 Å². The summed E-state index contributed by atoms with van der Waals surface area (Å²) in [5, 5.41) is 0. The summed E-state index contributed by atoms with van der Waals surface area (Å²) >= 11 is -0.826. The summed E-state index contributed by atoms with van der Waals surface area (Å²) in [4.78, 5) is 0. The molecule has 171 valence electrons. The molecule has 0 aromatic heterocycles. The summed E-state index contributed by atoms with van der Waals surface area (Å²) < 4.78 is 0. The van der Waals surface area contributed by atoms with Gasteiger partial charge in [0.2, 0.25) is 0 Å². The monoisotopic (exact) mass is 545 g/mol. The van der Waals surface area contributed by atoms with Gasteiger partial charge in [-0.3, -0.25) is 0 Å². The van der Waals surface area contributed by atoms with Crippen LogP contribution in [0.1, 0.15) is 101 Å². The van der Waals surface area contributed by atoms with Crippen LogP contribution in [-0.2, 0) is 33.7 Å². The molecular formula is C26H45Cl2SiZr. The van der Waals surface area contributed by atoms with Gasteiger partial charge in [0.15, 0.2) is 0 Å². The fraction of sp³-hybridized carbons (Fsp3) is 0.615. The normalized spacial score (nSPS) is 9.73. The van der Waals surface area contributed by atoms with Gasteiger partial charge in [-0.25, -0.2) is 12.1 Å². The van der Waals surface area contributed by atoms with Crippen LogP contribution >= 0.6 is 17.0 Å². The molecule has 0 saturated heterocycles. The minimum absolute atomic E-state index is 0.681. The van der Waals surface area contributed by atoms with Crippen LogP contribution in [0.4, 0.5) is 0 Å². The molecule has 0 atom stereocenters. The van der Waals surface area contributed by atoms with E-state index in [1.807, 2.05) is 0 Å². The van der Waals surface area contributed by atoms with E-state index in [1.165, 1.54) is 60.8 Å². The molecule has 0 N–H and O–H groups in total. The second-order valence-electron chi connectivity index (χ2n) is 8.27. The van der Waals surface area contributed by atoms with Crippen molar-refractivity contribution in [1.29, 1.82) is 0 Å². The molecule has 0 aliphatic heterocycles. The van der Waals surface area contributed by atoms with Crippen molar-refractivity contribution in [3.05, 3.63) is 58.7 Å². The number of hydrogen-bond donors (Lipinski definition) is 0. The molecule has 0 nitrogen and oxygen atoms in total. The van der Waals surface area contributed by atoms with Gasteiger partial charge in [0.05, 0.1) is 0 Å². The summed E-state index contributed by atoms with van der Waals surface area (Å²) in [5.74, 6) is 1.36. The van der Waals surface area contributed by atoms with Gasteiger partial charge in [-0.2, -0.15) is 46.5 Å². The van der Waals surface area contributed by atoms with Gasteiger partial charge in [-0.15, -0.1) is 0 Å². The Kier molecular flexibility index (Phi) is 24.5. The average molecular weight is 548 g/mol. The Morgan fingerprint density at radius 2 is 1.10 bits per heavy atom. The SMILES string of the molecule is CCCCc1cc(C(C)C)c[cH-]1.CCCCc1cc(C(C)C)c[cH-]1.C[SiH]C.[Cl][Zr+2][Cl]. The number of hydrogen-bond acceptors (Lipinski definition) is 0. The predicted octanol–water partition coefficient (Wildman–Crippen LogP) is 9.64. The predicted molar refractivity (Wildman–Crippen MR) is 140 cm³/mol. The zero-order valence-corrected chi connectivity index (χ0v) is 25.8. The van der Waals surface area contributed by atoms with Crippen LogP contribution < -0.4 is 0 Å². The van der Waals surface area contributed by atoms with Crippen molar-refractivity contribution in [1.82, 2.24) is 0 Å². The van der Waals surface area contributed by atoms with E-state index < -0.39 is 20.8 Å². The van der Waals surface area contributed by atoms with E-state index in [0.717, 1.165) is 9.52 Å². The van der Waals surface area contributed by atoms with E-state index in [9.17, 15) is 0 Å². The molecule has 0 unspecified atom stereocenters. The molecule has 1 radical (unpaired) electrons. The zero-order chi connectivity index (χ0) is 23.4. The number of halogens is 2. The average Bonchev–Trinajstić information content (AvgIpc) is 3.36. The molecule has 30 heavy (non-hydrogen) atoms. The number of aryl methyl sites for hydroxylation is 2. The Labute approximate surface area is 209 Å². The quantitative estimate of drug-likeness (QED) is 0.228. The van der Waals surface area contributed by atoms with Crippen molar-refractivity contribution in [2.24, 2.45) is 0 Å². The second kappa shape index (κ2) is 22.6. The van der Waals surface area contributed by atoms with Crippen LogP contribution in [0.2, 0.25) is 13.1 Å². The van der Waals surface area contributed by atoms with Crippen molar-refractivity contribution in [3.63, 3.8) is 0 Å². The van der Waals surface area contributed by atoms with Gasteiger partial charge in [0.25, 0.3) is 0 Å². The third-order valence-corrected chi connectivity index (χ3v) is 4.66. The van der Waals surface area contributed by atoms with Gasteiger partial charge in [-0.1, -0.05) is 105 Å². The van der Waals surface area contributed by atoms with Crippen LogP contribution in [0.15, 0.2) is 36.4 Å². The Hall–Kier alpha value is 0.380. The van der Waals surface area contributed by atoms with E-state index in [4.69, 9.17) is 17.0 Å². The molecule has 4 heteroatoms. The molecule has 0 saturated carbocycles. The molecule has 0 heterocycles. The molecule has 0 aliphatic carbocycles. The van der Waals surface area contributed by atoms with Gasteiger partial charge >= 0.3 is 37.9 Å². The van der Waals surface area contributed by atoms with E-state index >= 15 is 0 Å². The molecule has 0 bridgehead atoms. The topological polar surface area (TPSA) is 0 Å². The van der Waals surface area contributed by atoms with Crippen molar-refractivity contribution in [2.75, 3.05) is 0 Å². The standard InChI is InChI=1S/2C12H19.C2H7Si.2ClH.Zr/c2*1-4-5-6-11-7-8-12(9-11)10(2)3;1-3-2;;;/h2*7-10H,4-6H2,1-3H3;3H,1-2H3;2*1H;/q2*-1;;;;+4/p-2. The first-order chi connectivity index (χ1) is 14.3. The van der Waals surface area contributed by atoms with Gasteiger partial charge < -0.3 is 0 Å². The van der Waals surface area contributed by atoms with Crippen LogP contribution in [0.3, 0.4) is 0 Å². The van der Waals surface area contributed by atoms with Gasteiger partial charge in [0, 0.05) is 9.52 Å². The first kappa shape index (κ1) is 32.6. The maximum atomic E-state index is 4.93. The number of unbranched alkanes of at least 4 members (excludes halogenated alkanes) is 2. The molecule has 0 aliphatic rings. The summed E-state index contributed by atoms with van der Waals surface area (Å²) in [6.07, 6.45) is 7.74. The van der Waals surface area contributed by atoms with Gasteiger partial charge in [0.1, 0.15) is 0 Å². The molecule has 2 rings (SSSR count). The Bertz CT molecular complexity index is 535. The van der Waals surface area contributed by atoms with Crippen molar-refractivity contribution in [3.8, 4) is 0 Å². The van der Waals surface area contributed by atoms with Crippen molar-refractivity contribution in [2.45, 2.75) is 105 Å².